The summed E-state index contributed by atoms with van der Waals surface area (Å²) in [5.74, 6) is -1.64. The van der Waals surface area contributed by atoms with Crippen LogP contribution in [0, 0.1) is 17.8 Å². The maximum absolute atomic E-state index is 12.2. The quantitative estimate of drug-likeness (QED) is 0.653. The minimum Gasteiger partial charge on any atom is -0.548 e. The Kier molecular flexibility index (Phi) is 8.00. The second-order valence-corrected chi connectivity index (χ2v) is 6.44. The van der Waals surface area contributed by atoms with E-state index in [0.717, 1.165) is 6.42 Å². The van der Waals surface area contributed by atoms with Crippen molar-refractivity contribution in [3.05, 3.63) is 12.2 Å². The summed E-state index contributed by atoms with van der Waals surface area (Å²) in [5.41, 5.74) is 0. The van der Waals surface area contributed by atoms with E-state index in [0.29, 0.717) is 25.7 Å². The van der Waals surface area contributed by atoms with Crippen LogP contribution in [0.3, 0.4) is 0 Å². The zero-order valence-electron chi connectivity index (χ0n) is 14.3. The summed E-state index contributed by atoms with van der Waals surface area (Å²) in [7, 11) is 0. The first-order valence-electron chi connectivity index (χ1n) is 8.58. The Hall–Kier alpha value is -1.65. The molecular weight excluding hydrogens is 294 g/mol. The molecule has 4 atom stereocenters. The molecule has 0 aromatic carbocycles. The fourth-order valence-electron chi connectivity index (χ4n) is 3.09. The second-order valence-electron chi connectivity index (χ2n) is 6.44. The number of nitrogens with one attached hydrogen (secondary N) is 1. The van der Waals surface area contributed by atoms with Crippen molar-refractivity contribution in [2.75, 3.05) is 0 Å². The van der Waals surface area contributed by atoms with Gasteiger partial charge < -0.3 is 15.2 Å². The van der Waals surface area contributed by atoms with Crippen LogP contribution in [0.1, 0.15) is 59.3 Å². The molecule has 130 valence electrons. The van der Waals surface area contributed by atoms with Gasteiger partial charge in [-0.25, -0.2) is 0 Å². The van der Waals surface area contributed by atoms with Crippen LogP contribution in [-0.4, -0.2) is 23.7 Å². The summed E-state index contributed by atoms with van der Waals surface area (Å²) >= 11 is 0. The molecule has 1 aliphatic carbocycles. The Labute approximate surface area is 138 Å². The normalized spacial score (nSPS) is 23.9. The van der Waals surface area contributed by atoms with Gasteiger partial charge in [-0.1, -0.05) is 39.3 Å². The van der Waals surface area contributed by atoms with E-state index in [2.05, 4.69) is 5.32 Å². The fraction of sp³-hybridized carbons (Fsp3) is 0.722. The molecule has 1 fully saturated rings. The van der Waals surface area contributed by atoms with Gasteiger partial charge in [0.05, 0.1) is 12.0 Å². The zero-order valence-corrected chi connectivity index (χ0v) is 14.3. The van der Waals surface area contributed by atoms with Gasteiger partial charge in [0.1, 0.15) is 5.78 Å². The van der Waals surface area contributed by atoms with Crippen molar-refractivity contribution in [3.8, 4) is 0 Å². The van der Waals surface area contributed by atoms with Gasteiger partial charge in [-0.2, -0.15) is 0 Å². The van der Waals surface area contributed by atoms with Crippen molar-refractivity contribution in [1.82, 2.24) is 5.32 Å². The van der Waals surface area contributed by atoms with Gasteiger partial charge in [-0.15, -0.1) is 0 Å². The summed E-state index contributed by atoms with van der Waals surface area (Å²) in [6.07, 6.45) is 7.68. The number of rotatable bonds is 9. The molecule has 1 N–H and O–H groups in total. The summed E-state index contributed by atoms with van der Waals surface area (Å²) < 4.78 is 0. The number of carboxylic acid groups (broad SMARTS) is 1. The molecule has 5 heteroatoms. The van der Waals surface area contributed by atoms with Crippen LogP contribution in [0.4, 0.5) is 0 Å². The lowest BCUT2D eigenvalue weighted by Gasteiger charge is -2.26. The molecule has 1 saturated carbocycles. The summed E-state index contributed by atoms with van der Waals surface area (Å²) in [6.45, 7) is 5.68. The van der Waals surface area contributed by atoms with E-state index in [1.807, 2.05) is 26.0 Å². The standard InChI is InChI=1S/C18H29NO4/c1-4-6-7-8-14-13(9-10-15(14)20)11-16(21)19-17(18(22)23)12(3)5-2/h6-7,12-14,17H,4-5,8-11H2,1-3H3,(H,19,21)(H,22,23)/p-1/b7-6+. The number of aliphatic carboxylic acids is 1. The Morgan fingerprint density at radius 2 is 2.04 bits per heavy atom. The van der Waals surface area contributed by atoms with Gasteiger partial charge in [-0.05, 0) is 31.1 Å². The number of carboxylic acids is 1. The number of Topliss-reactive ketones (excluding diaryl/α,β-unsaturated/α-hetero) is 1. The first-order chi connectivity index (χ1) is 10.9. The molecule has 23 heavy (non-hydrogen) atoms. The lowest BCUT2D eigenvalue weighted by molar-refractivity contribution is -0.309. The van der Waals surface area contributed by atoms with E-state index in [4.69, 9.17) is 0 Å². The third-order valence-corrected chi connectivity index (χ3v) is 4.77. The summed E-state index contributed by atoms with van der Waals surface area (Å²) in [5, 5.41) is 13.7. The minimum absolute atomic E-state index is 0.00310. The molecule has 0 spiro atoms. The van der Waals surface area contributed by atoms with Gasteiger partial charge in [-0.3, -0.25) is 9.59 Å². The largest absolute Gasteiger partial charge is 0.548 e. The van der Waals surface area contributed by atoms with Gasteiger partial charge in [0.2, 0.25) is 5.91 Å². The van der Waals surface area contributed by atoms with E-state index >= 15 is 0 Å². The van der Waals surface area contributed by atoms with E-state index in [9.17, 15) is 19.5 Å². The Balaban J connectivity index is 2.62. The molecular formula is C18H28NO4-. The van der Waals surface area contributed by atoms with Crippen LogP contribution < -0.4 is 10.4 Å². The summed E-state index contributed by atoms with van der Waals surface area (Å²) in [4.78, 5) is 35.3. The van der Waals surface area contributed by atoms with Crippen LogP contribution in [0.15, 0.2) is 12.2 Å². The van der Waals surface area contributed by atoms with Crippen LogP contribution in [0.2, 0.25) is 0 Å². The average molecular weight is 322 g/mol. The smallest absolute Gasteiger partial charge is 0.220 e. The molecule has 0 aromatic heterocycles. The second kappa shape index (κ2) is 9.48. The number of hydrogen-bond donors (Lipinski definition) is 1. The first-order valence-corrected chi connectivity index (χ1v) is 8.58. The number of carbonyl (C=O) groups is 3. The number of hydrogen-bond acceptors (Lipinski definition) is 4. The van der Waals surface area contributed by atoms with Crippen molar-refractivity contribution >= 4 is 17.7 Å². The molecule has 0 aromatic rings. The van der Waals surface area contributed by atoms with E-state index in [-0.39, 0.29) is 35.9 Å². The van der Waals surface area contributed by atoms with Crippen molar-refractivity contribution in [2.24, 2.45) is 17.8 Å². The molecule has 0 heterocycles. The number of allylic oxidation sites excluding steroid dienone is 2. The monoisotopic (exact) mass is 322 g/mol. The average Bonchev–Trinajstić information content (AvgIpc) is 2.84. The third-order valence-electron chi connectivity index (χ3n) is 4.77. The lowest BCUT2D eigenvalue weighted by atomic mass is 9.89. The predicted molar refractivity (Wildman–Crippen MR) is 86.3 cm³/mol. The highest BCUT2D eigenvalue weighted by molar-refractivity contribution is 5.86. The highest BCUT2D eigenvalue weighted by Crippen LogP contribution is 2.34. The first kappa shape index (κ1) is 19.4. The third kappa shape index (κ3) is 5.81. The number of amides is 1. The number of ketones is 1. The topological polar surface area (TPSA) is 86.3 Å². The van der Waals surface area contributed by atoms with Gasteiger partial charge >= 0.3 is 0 Å². The highest BCUT2D eigenvalue weighted by Gasteiger charge is 2.35. The van der Waals surface area contributed by atoms with Crippen LogP contribution in [0.5, 0.6) is 0 Å². The molecule has 0 radical (unpaired) electrons. The van der Waals surface area contributed by atoms with Crippen LogP contribution in [-0.2, 0) is 14.4 Å². The predicted octanol–water partition coefficient (Wildman–Crippen LogP) is 1.61. The van der Waals surface area contributed by atoms with Crippen molar-refractivity contribution < 1.29 is 19.5 Å². The zero-order chi connectivity index (χ0) is 17.4. The molecule has 1 amide bonds. The lowest BCUT2D eigenvalue weighted by Crippen LogP contribution is -2.51. The van der Waals surface area contributed by atoms with Crippen LogP contribution >= 0.6 is 0 Å². The van der Waals surface area contributed by atoms with Gasteiger partial charge in [0.25, 0.3) is 0 Å². The Bertz CT molecular complexity index is 458. The van der Waals surface area contributed by atoms with Crippen LogP contribution in [0.25, 0.3) is 0 Å². The van der Waals surface area contributed by atoms with Crippen molar-refractivity contribution in [3.63, 3.8) is 0 Å². The SMILES string of the molecule is CC/C=C/CC1C(=O)CCC1CC(=O)NC(C(=O)[O-])C(C)CC. The highest BCUT2D eigenvalue weighted by atomic mass is 16.4. The Morgan fingerprint density at radius 3 is 2.61 bits per heavy atom. The van der Waals surface area contributed by atoms with E-state index < -0.39 is 12.0 Å². The maximum Gasteiger partial charge on any atom is 0.220 e. The van der Waals surface area contributed by atoms with Crippen molar-refractivity contribution in [2.45, 2.75) is 65.3 Å². The molecule has 4 unspecified atom stereocenters. The molecule has 0 saturated heterocycles. The van der Waals surface area contributed by atoms with Crippen molar-refractivity contribution in [1.29, 1.82) is 0 Å². The molecule has 1 aliphatic rings. The minimum atomic E-state index is -1.25. The van der Waals surface area contributed by atoms with E-state index in [1.165, 1.54) is 0 Å². The maximum atomic E-state index is 12.2. The number of carbonyl (C=O) groups excluding carboxylic acids is 3. The molecule has 0 aliphatic heterocycles. The fourth-order valence-corrected chi connectivity index (χ4v) is 3.09. The molecule has 0 bridgehead atoms. The van der Waals surface area contributed by atoms with Gasteiger partial charge in [0, 0.05) is 18.8 Å². The molecule has 1 rings (SSSR count). The molecule has 5 nitrogen and oxygen atoms in total. The van der Waals surface area contributed by atoms with E-state index in [1.54, 1.807) is 6.92 Å². The summed E-state index contributed by atoms with van der Waals surface area (Å²) in [6, 6.07) is -0.969. The Morgan fingerprint density at radius 1 is 1.35 bits per heavy atom. The van der Waals surface area contributed by atoms with Gasteiger partial charge in [0.15, 0.2) is 0 Å².